The molecule has 0 radical (unpaired) electrons. The molecule has 2 aromatic rings. The number of aromatic nitrogens is 2. The Balaban J connectivity index is 2.02. The minimum atomic E-state index is -0.197. The van der Waals surface area contributed by atoms with Crippen LogP contribution in [0.4, 0.5) is 10.5 Å². The number of nitrogens with zero attached hydrogens (tertiary/aromatic N) is 2. The molecule has 6 heteroatoms. The first-order valence-corrected chi connectivity index (χ1v) is 6.38. The van der Waals surface area contributed by atoms with E-state index in [1.165, 1.54) is 11.5 Å². The van der Waals surface area contributed by atoms with E-state index in [9.17, 15) is 4.79 Å². The Bertz CT molecular complexity index is 507. The van der Waals surface area contributed by atoms with Crippen molar-refractivity contribution < 1.29 is 4.79 Å². The summed E-state index contributed by atoms with van der Waals surface area (Å²) < 4.78 is 3.81. The predicted molar refractivity (Wildman–Crippen MR) is 72.6 cm³/mol. The maximum atomic E-state index is 11.5. The van der Waals surface area contributed by atoms with Gasteiger partial charge < -0.3 is 10.6 Å². The second kappa shape index (κ2) is 5.59. The van der Waals surface area contributed by atoms with Crippen molar-refractivity contribution in [1.82, 2.24) is 14.9 Å². The lowest BCUT2D eigenvalue weighted by molar-refractivity contribution is 0.250. The highest BCUT2D eigenvalue weighted by atomic mass is 32.1. The third-order valence-corrected chi connectivity index (χ3v) is 2.92. The minimum absolute atomic E-state index is 0.118. The number of nitrogens with one attached hydrogen (secondary N) is 2. The Kier molecular flexibility index (Phi) is 3.88. The van der Waals surface area contributed by atoms with Gasteiger partial charge in [-0.1, -0.05) is 16.6 Å². The van der Waals surface area contributed by atoms with Gasteiger partial charge in [-0.3, -0.25) is 0 Å². The predicted octanol–water partition coefficient (Wildman–Crippen LogP) is 2.74. The van der Waals surface area contributed by atoms with Crippen LogP contribution < -0.4 is 10.6 Å². The fourth-order valence-corrected chi connectivity index (χ4v) is 1.96. The minimum Gasteiger partial charge on any atom is -0.336 e. The summed E-state index contributed by atoms with van der Waals surface area (Å²) in [4.78, 5) is 12.5. The van der Waals surface area contributed by atoms with Gasteiger partial charge in [-0.15, -0.1) is 5.10 Å². The SMILES string of the molecule is CC(C)NC(=O)Nc1ccc(-c2cnns2)cc1. The Morgan fingerprint density at radius 3 is 2.56 bits per heavy atom. The first-order valence-electron chi connectivity index (χ1n) is 5.60. The average Bonchev–Trinajstić information content (AvgIpc) is 2.82. The topological polar surface area (TPSA) is 66.9 Å². The molecule has 18 heavy (non-hydrogen) atoms. The van der Waals surface area contributed by atoms with Crippen LogP contribution in [0.25, 0.3) is 10.4 Å². The van der Waals surface area contributed by atoms with E-state index < -0.39 is 0 Å². The Morgan fingerprint density at radius 1 is 1.28 bits per heavy atom. The van der Waals surface area contributed by atoms with Crippen molar-refractivity contribution in [3.63, 3.8) is 0 Å². The first kappa shape index (κ1) is 12.5. The van der Waals surface area contributed by atoms with Gasteiger partial charge in [0.25, 0.3) is 0 Å². The highest BCUT2D eigenvalue weighted by molar-refractivity contribution is 7.09. The molecule has 0 aliphatic rings. The number of amides is 2. The number of rotatable bonds is 3. The van der Waals surface area contributed by atoms with Crippen molar-refractivity contribution in [2.75, 3.05) is 5.32 Å². The zero-order valence-electron chi connectivity index (χ0n) is 10.2. The lowest BCUT2D eigenvalue weighted by Gasteiger charge is -2.10. The number of hydrogen-bond donors (Lipinski definition) is 2. The van der Waals surface area contributed by atoms with Gasteiger partial charge in [0.2, 0.25) is 0 Å². The number of carbonyl (C=O) groups excluding carboxylic acids is 1. The molecule has 0 atom stereocenters. The molecule has 0 aliphatic carbocycles. The molecular formula is C12H14N4OS. The third-order valence-electron chi connectivity index (χ3n) is 2.21. The van der Waals surface area contributed by atoms with E-state index in [1.54, 1.807) is 6.20 Å². The van der Waals surface area contributed by atoms with Gasteiger partial charge in [-0.2, -0.15) is 0 Å². The monoisotopic (exact) mass is 262 g/mol. The quantitative estimate of drug-likeness (QED) is 0.893. The molecule has 2 amide bonds. The molecule has 2 N–H and O–H groups in total. The summed E-state index contributed by atoms with van der Waals surface area (Å²) in [5.41, 5.74) is 1.80. The molecule has 0 fully saturated rings. The number of hydrogen-bond acceptors (Lipinski definition) is 4. The molecular weight excluding hydrogens is 248 g/mol. The van der Waals surface area contributed by atoms with Crippen LogP contribution in [0.15, 0.2) is 30.5 Å². The smallest absolute Gasteiger partial charge is 0.319 e. The van der Waals surface area contributed by atoms with E-state index in [4.69, 9.17) is 0 Å². The number of carbonyl (C=O) groups is 1. The van der Waals surface area contributed by atoms with Crippen molar-refractivity contribution in [1.29, 1.82) is 0 Å². The van der Waals surface area contributed by atoms with Gasteiger partial charge in [-0.05, 0) is 43.1 Å². The molecule has 0 bridgehead atoms. The van der Waals surface area contributed by atoms with E-state index in [1.807, 2.05) is 38.1 Å². The summed E-state index contributed by atoms with van der Waals surface area (Å²) >= 11 is 1.34. The molecule has 1 aromatic carbocycles. The Labute approximate surface area is 109 Å². The fourth-order valence-electron chi connectivity index (χ4n) is 1.44. The maximum Gasteiger partial charge on any atom is 0.319 e. The summed E-state index contributed by atoms with van der Waals surface area (Å²) in [6.45, 7) is 3.83. The van der Waals surface area contributed by atoms with E-state index in [2.05, 4.69) is 20.2 Å². The number of anilines is 1. The summed E-state index contributed by atoms with van der Waals surface area (Å²) in [5, 5.41) is 9.32. The molecule has 94 valence electrons. The van der Waals surface area contributed by atoms with Crippen LogP contribution in [-0.2, 0) is 0 Å². The zero-order chi connectivity index (χ0) is 13.0. The van der Waals surface area contributed by atoms with Gasteiger partial charge >= 0.3 is 6.03 Å². The summed E-state index contributed by atoms with van der Waals surface area (Å²) in [6.07, 6.45) is 1.72. The van der Waals surface area contributed by atoms with Crippen molar-refractivity contribution in [2.24, 2.45) is 0 Å². The molecule has 1 heterocycles. The van der Waals surface area contributed by atoms with Crippen LogP contribution in [0, 0.1) is 0 Å². The molecule has 0 saturated heterocycles. The molecule has 0 aliphatic heterocycles. The lowest BCUT2D eigenvalue weighted by atomic mass is 10.2. The van der Waals surface area contributed by atoms with Crippen LogP contribution in [0.2, 0.25) is 0 Å². The van der Waals surface area contributed by atoms with Crippen molar-refractivity contribution in [3.8, 4) is 10.4 Å². The van der Waals surface area contributed by atoms with Crippen molar-refractivity contribution in [3.05, 3.63) is 30.5 Å². The molecule has 5 nitrogen and oxygen atoms in total. The van der Waals surface area contributed by atoms with Gasteiger partial charge in [0, 0.05) is 11.7 Å². The van der Waals surface area contributed by atoms with Gasteiger partial charge in [-0.25, -0.2) is 4.79 Å². The molecule has 0 saturated carbocycles. The normalized spacial score (nSPS) is 10.4. The Hall–Kier alpha value is -1.95. The van der Waals surface area contributed by atoms with Crippen LogP contribution in [-0.4, -0.2) is 21.7 Å². The molecule has 2 rings (SSSR count). The number of benzene rings is 1. The van der Waals surface area contributed by atoms with Crippen LogP contribution in [0.3, 0.4) is 0 Å². The molecule has 0 spiro atoms. The van der Waals surface area contributed by atoms with Crippen LogP contribution in [0.5, 0.6) is 0 Å². The average molecular weight is 262 g/mol. The van der Waals surface area contributed by atoms with Crippen LogP contribution in [0.1, 0.15) is 13.8 Å². The van der Waals surface area contributed by atoms with E-state index in [-0.39, 0.29) is 12.1 Å². The highest BCUT2D eigenvalue weighted by Crippen LogP contribution is 2.23. The summed E-state index contributed by atoms with van der Waals surface area (Å²) in [7, 11) is 0. The van der Waals surface area contributed by atoms with Gasteiger partial charge in [0.15, 0.2) is 0 Å². The molecule has 1 aromatic heterocycles. The van der Waals surface area contributed by atoms with Gasteiger partial charge in [0.05, 0.1) is 11.1 Å². The summed E-state index contributed by atoms with van der Waals surface area (Å²) in [5.74, 6) is 0. The third kappa shape index (κ3) is 3.27. The van der Waals surface area contributed by atoms with E-state index >= 15 is 0 Å². The van der Waals surface area contributed by atoms with Crippen LogP contribution >= 0.6 is 11.5 Å². The van der Waals surface area contributed by atoms with Crippen molar-refractivity contribution in [2.45, 2.75) is 19.9 Å². The standard InChI is InChI=1S/C12H14N4OS/c1-8(2)14-12(17)15-10-5-3-9(4-6-10)11-7-13-16-18-11/h3-8H,1-2H3,(H2,14,15,17). The lowest BCUT2D eigenvalue weighted by Crippen LogP contribution is -2.34. The zero-order valence-corrected chi connectivity index (χ0v) is 11.0. The van der Waals surface area contributed by atoms with Gasteiger partial charge in [0.1, 0.15) is 0 Å². The fraction of sp³-hybridized carbons (Fsp3) is 0.250. The van der Waals surface area contributed by atoms with Crippen molar-refractivity contribution >= 4 is 23.3 Å². The van der Waals surface area contributed by atoms with E-state index in [0.29, 0.717) is 0 Å². The number of urea groups is 1. The highest BCUT2D eigenvalue weighted by Gasteiger charge is 2.04. The maximum absolute atomic E-state index is 11.5. The largest absolute Gasteiger partial charge is 0.336 e. The summed E-state index contributed by atoms with van der Waals surface area (Å²) in [6, 6.07) is 7.49. The molecule has 0 unspecified atom stereocenters. The van der Waals surface area contributed by atoms with E-state index in [0.717, 1.165) is 16.1 Å². The Morgan fingerprint density at radius 2 is 2.00 bits per heavy atom. The second-order valence-electron chi connectivity index (χ2n) is 4.11. The second-order valence-corrected chi connectivity index (χ2v) is 4.90. The first-order chi connectivity index (χ1) is 8.65.